The summed E-state index contributed by atoms with van der Waals surface area (Å²) in [6.45, 7) is 1.99. The van der Waals surface area contributed by atoms with Gasteiger partial charge in [0.05, 0.1) is 12.2 Å². The average Bonchev–Trinajstić information content (AvgIpc) is 2.56. The minimum absolute atomic E-state index is 0.0851. The van der Waals surface area contributed by atoms with Crippen LogP contribution in [-0.4, -0.2) is 10.1 Å². The lowest BCUT2D eigenvalue weighted by Gasteiger charge is -2.09. The molecule has 22 heavy (non-hydrogen) atoms. The maximum absolute atomic E-state index is 9.79. The van der Waals surface area contributed by atoms with Crippen molar-refractivity contribution in [2.75, 3.05) is 0 Å². The molecule has 0 bridgehead atoms. The molecule has 1 aromatic heterocycles. The number of rotatable bonds is 3. The lowest BCUT2D eigenvalue weighted by Crippen LogP contribution is -2.33. The van der Waals surface area contributed by atoms with Gasteiger partial charge < -0.3 is 5.11 Å². The molecule has 0 spiro atoms. The fourth-order valence-corrected chi connectivity index (χ4v) is 2.72. The van der Waals surface area contributed by atoms with Crippen LogP contribution in [0.1, 0.15) is 11.3 Å². The summed E-state index contributed by atoms with van der Waals surface area (Å²) in [5.74, 6) is 0. The van der Waals surface area contributed by atoms with E-state index in [9.17, 15) is 5.11 Å². The Balaban J connectivity index is 2.20. The lowest BCUT2D eigenvalue weighted by molar-refractivity contribution is -0.660. The number of hydrogen-bond donors (Lipinski definition) is 1. The molecule has 0 radical (unpaired) electrons. The molecular weight excluding hydrogens is 272 g/mol. The van der Waals surface area contributed by atoms with Gasteiger partial charge in [0.25, 0.3) is 0 Å². The first-order chi connectivity index (χ1) is 10.7. The van der Waals surface area contributed by atoms with Crippen molar-refractivity contribution in [3.05, 3.63) is 72.1 Å². The molecule has 3 heteroatoms. The second-order valence-corrected chi connectivity index (χ2v) is 5.37. The van der Waals surface area contributed by atoms with E-state index >= 15 is 0 Å². The molecule has 0 aliphatic carbocycles. The topological polar surface area (TPSA) is 37.0 Å². The second kappa shape index (κ2) is 6.08. The van der Waals surface area contributed by atoms with Crippen molar-refractivity contribution in [3.63, 3.8) is 0 Å². The van der Waals surface area contributed by atoms with Crippen molar-refractivity contribution in [2.24, 2.45) is 7.05 Å². The van der Waals surface area contributed by atoms with Gasteiger partial charge >= 0.3 is 0 Å². The van der Waals surface area contributed by atoms with Crippen molar-refractivity contribution in [1.29, 1.82) is 0 Å². The van der Waals surface area contributed by atoms with Gasteiger partial charge in [0.1, 0.15) is 18.4 Å². The van der Waals surface area contributed by atoms with E-state index in [2.05, 4.69) is 24.0 Å². The van der Waals surface area contributed by atoms with Gasteiger partial charge in [-0.1, -0.05) is 48.5 Å². The molecule has 3 aromatic rings. The van der Waals surface area contributed by atoms with Crippen LogP contribution in [-0.2, 0) is 13.7 Å². The van der Waals surface area contributed by atoms with Crippen LogP contribution in [0.4, 0.5) is 0 Å². The SMILES string of the molecule is Cc1ccccc1-c1c(CO)nc(-c2ccccc2)c[n+]1C. The predicted molar refractivity (Wildman–Crippen MR) is 86.9 cm³/mol. The molecule has 0 saturated carbocycles. The first-order valence-corrected chi connectivity index (χ1v) is 7.32. The van der Waals surface area contributed by atoms with Gasteiger partial charge in [0.15, 0.2) is 6.20 Å². The summed E-state index contributed by atoms with van der Waals surface area (Å²) in [6, 6.07) is 18.2. The monoisotopic (exact) mass is 291 g/mol. The van der Waals surface area contributed by atoms with Gasteiger partial charge in [-0.15, -0.1) is 0 Å². The second-order valence-electron chi connectivity index (χ2n) is 5.37. The molecule has 1 N–H and O–H groups in total. The molecule has 2 aromatic carbocycles. The Morgan fingerprint density at radius 2 is 1.68 bits per heavy atom. The normalized spacial score (nSPS) is 10.7. The summed E-state index contributed by atoms with van der Waals surface area (Å²) >= 11 is 0. The molecule has 3 nitrogen and oxygen atoms in total. The van der Waals surface area contributed by atoms with Gasteiger partial charge in [-0.05, 0) is 18.6 Å². The number of hydrogen-bond acceptors (Lipinski definition) is 2. The molecule has 0 unspecified atom stereocenters. The van der Waals surface area contributed by atoms with E-state index in [1.807, 2.05) is 60.3 Å². The van der Waals surface area contributed by atoms with E-state index in [4.69, 9.17) is 0 Å². The Hall–Kier alpha value is -2.52. The summed E-state index contributed by atoms with van der Waals surface area (Å²) in [7, 11) is 2.00. The largest absolute Gasteiger partial charge is 0.390 e. The standard InChI is InChI=1S/C19H19N2O/c1-14-8-6-7-11-16(14)19-18(13-22)20-17(12-21(19)2)15-9-4-3-5-10-15/h3-12,22H,13H2,1-2H3/q+1. The van der Waals surface area contributed by atoms with E-state index in [0.29, 0.717) is 5.69 Å². The third-order valence-electron chi connectivity index (χ3n) is 3.82. The highest BCUT2D eigenvalue weighted by Gasteiger charge is 2.20. The number of aliphatic hydroxyl groups is 1. The van der Waals surface area contributed by atoms with E-state index < -0.39 is 0 Å². The minimum atomic E-state index is -0.0851. The predicted octanol–water partition coefficient (Wildman–Crippen LogP) is 3.04. The molecule has 0 aliphatic rings. The highest BCUT2D eigenvalue weighted by atomic mass is 16.3. The summed E-state index contributed by atoms with van der Waals surface area (Å²) in [4.78, 5) is 4.67. The summed E-state index contributed by atoms with van der Waals surface area (Å²) in [5, 5.41) is 9.79. The van der Waals surface area contributed by atoms with Crippen LogP contribution in [0, 0.1) is 6.92 Å². The minimum Gasteiger partial charge on any atom is -0.390 e. The number of aliphatic hydroxyl groups excluding tert-OH is 1. The van der Waals surface area contributed by atoms with Crippen LogP contribution < -0.4 is 4.57 Å². The Morgan fingerprint density at radius 3 is 2.36 bits per heavy atom. The van der Waals surface area contributed by atoms with Crippen LogP contribution in [0.2, 0.25) is 0 Å². The zero-order chi connectivity index (χ0) is 15.5. The molecule has 0 fully saturated rings. The fraction of sp³-hybridized carbons (Fsp3) is 0.158. The van der Waals surface area contributed by atoms with E-state index in [1.165, 1.54) is 5.56 Å². The maximum Gasteiger partial charge on any atom is 0.236 e. The van der Waals surface area contributed by atoms with Gasteiger partial charge in [0, 0.05) is 5.56 Å². The number of benzene rings is 2. The maximum atomic E-state index is 9.79. The zero-order valence-corrected chi connectivity index (χ0v) is 12.8. The van der Waals surface area contributed by atoms with E-state index in [0.717, 1.165) is 22.5 Å². The van der Waals surface area contributed by atoms with Crippen molar-refractivity contribution in [3.8, 4) is 22.5 Å². The molecule has 0 amide bonds. The summed E-state index contributed by atoms with van der Waals surface area (Å²) < 4.78 is 2.04. The van der Waals surface area contributed by atoms with Crippen LogP contribution in [0.3, 0.4) is 0 Å². The third-order valence-corrected chi connectivity index (χ3v) is 3.82. The molecule has 1 heterocycles. The van der Waals surface area contributed by atoms with Gasteiger partial charge in [-0.25, -0.2) is 4.98 Å². The van der Waals surface area contributed by atoms with Gasteiger partial charge in [0.2, 0.25) is 5.69 Å². The Bertz CT molecular complexity index is 798. The number of nitrogens with zero attached hydrogens (tertiary/aromatic N) is 2. The fourth-order valence-electron chi connectivity index (χ4n) is 2.72. The summed E-state index contributed by atoms with van der Waals surface area (Å²) in [6.07, 6.45) is 2.01. The number of aryl methyl sites for hydroxylation is 2. The third kappa shape index (κ3) is 2.63. The molecule has 110 valence electrons. The lowest BCUT2D eigenvalue weighted by atomic mass is 10.0. The highest BCUT2D eigenvalue weighted by Crippen LogP contribution is 2.25. The van der Waals surface area contributed by atoms with E-state index in [-0.39, 0.29) is 6.61 Å². The molecule has 0 aliphatic heterocycles. The van der Waals surface area contributed by atoms with Crippen LogP contribution in [0.25, 0.3) is 22.5 Å². The van der Waals surface area contributed by atoms with Crippen LogP contribution in [0.5, 0.6) is 0 Å². The van der Waals surface area contributed by atoms with Crippen molar-refractivity contribution in [1.82, 2.24) is 4.98 Å². The van der Waals surface area contributed by atoms with Crippen molar-refractivity contribution in [2.45, 2.75) is 13.5 Å². The Kier molecular flexibility index (Phi) is 3.98. The highest BCUT2D eigenvalue weighted by molar-refractivity contribution is 5.65. The van der Waals surface area contributed by atoms with Gasteiger partial charge in [-0.3, -0.25) is 0 Å². The van der Waals surface area contributed by atoms with E-state index in [1.54, 1.807) is 0 Å². The Morgan fingerprint density at radius 1 is 1.00 bits per heavy atom. The van der Waals surface area contributed by atoms with Crippen LogP contribution >= 0.6 is 0 Å². The molecule has 3 rings (SSSR count). The van der Waals surface area contributed by atoms with Crippen molar-refractivity contribution < 1.29 is 9.67 Å². The van der Waals surface area contributed by atoms with Crippen LogP contribution in [0.15, 0.2) is 60.8 Å². The zero-order valence-electron chi connectivity index (χ0n) is 12.8. The van der Waals surface area contributed by atoms with Crippen molar-refractivity contribution >= 4 is 0 Å². The summed E-state index contributed by atoms with van der Waals surface area (Å²) in [5.41, 5.74) is 5.83. The first kappa shape index (κ1) is 14.4. The van der Waals surface area contributed by atoms with Gasteiger partial charge in [-0.2, -0.15) is 4.57 Å². The quantitative estimate of drug-likeness (QED) is 0.753. The molecule has 0 atom stereocenters. The average molecular weight is 291 g/mol. The molecular formula is C19H19N2O+. The smallest absolute Gasteiger partial charge is 0.236 e. The first-order valence-electron chi connectivity index (χ1n) is 7.32. The number of aromatic nitrogens is 2. The Labute approximate surface area is 130 Å². The molecule has 0 saturated heterocycles.